The van der Waals surface area contributed by atoms with Crippen LogP contribution in [-0.2, 0) is 0 Å². The first-order valence-corrected chi connectivity index (χ1v) is 19.5. The van der Waals surface area contributed by atoms with Gasteiger partial charge in [-0.3, -0.25) is 0 Å². The average Bonchev–Trinajstić information content (AvgIpc) is 3.69. The maximum atomic E-state index is 6.67. The summed E-state index contributed by atoms with van der Waals surface area (Å²) in [6.07, 6.45) is 6.15. The summed E-state index contributed by atoms with van der Waals surface area (Å²) in [5.41, 5.74) is 11.6. The molecule has 0 N–H and O–H groups in total. The van der Waals surface area contributed by atoms with Crippen molar-refractivity contribution >= 4 is 54.6 Å². The van der Waals surface area contributed by atoms with Gasteiger partial charge in [0.1, 0.15) is 11.2 Å². The third-order valence-corrected chi connectivity index (χ3v) is 11.3. The summed E-state index contributed by atoms with van der Waals surface area (Å²) < 4.78 is 6.67. The van der Waals surface area contributed by atoms with E-state index in [1.807, 2.05) is 6.07 Å². The summed E-state index contributed by atoms with van der Waals surface area (Å²) in [7, 11) is 0. The van der Waals surface area contributed by atoms with Crippen molar-refractivity contribution in [1.82, 2.24) is 15.0 Å². The van der Waals surface area contributed by atoms with E-state index in [0.717, 1.165) is 73.7 Å². The molecule has 2 aromatic heterocycles. The van der Waals surface area contributed by atoms with Crippen molar-refractivity contribution in [2.75, 3.05) is 0 Å². The first-order valence-electron chi connectivity index (χ1n) is 19.5. The van der Waals surface area contributed by atoms with Crippen LogP contribution in [0.4, 0.5) is 0 Å². The van der Waals surface area contributed by atoms with E-state index in [9.17, 15) is 0 Å². The molecule has 0 saturated carbocycles. The number of fused-ring (bicyclic) bond motifs is 6. The highest BCUT2D eigenvalue weighted by Gasteiger charge is 2.21. The van der Waals surface area contributed by atoms with Gasteiger partial charge in [-0.2, -0.15) is 0 Å². The number of benzene rings is 8. The Morgan fingerprint density at radius 3 is 1.79 bits per heavy atom. The van der Waals surface area contributed by atoms with Gasteiger partial charge in [-0.05, 0) is 79.9 Å². The summed E-state index contributed by atoms with van der Waals surface area (Å²) in [6.45, 7) is 0. The van der Waals surface area contributed by atoms with E-state index in [0.29, 0.717) is 17.5 Å². The first-order chi connectivity index (χ1) is 28.2. The molecule has 0 atom stereocenters. The van der Waals surface area contributed by atoms with E-state index in [2.05, 4.69) is 182 Å². The molecule has 0 aliphatic heterocycles. The minimum Gasteiger partial charge on any atom is -0.455 e. The van der Waals surface area contributed by atoms with Crippen molar-refractivity contribution in [3.05, 3.63) is 199 Å². The predicted octanol–water partition coefficient (Wildman–Crippen LogP) is 14.0. The number of para-hydroxylation sites is 1. The van der Waals surface area contributed by atoms with E-state index >= 15 is 0 Å². The molecule has 10 aromatic rings. The number of hydrogen-bond acceptors (Lipinski definition) is 4. The van der Waals surface area contributed by atoms with Gasteiger partial charge in [0.05, 0.1) is 0 Å². The van der Waals surface area contributed by atoms with E-state index in [4.69, 9.17) is 19.4 Å². The van der Waals surface area contributed by atoms with Gasteiger partial charge < -0.3 is 4.42 Å². The van der Waals surface area contributed by atoms with Gasteiger partial charge in [-0.1, -0.05) is 176 Å². The number of hydrogen-bond donors (Lipinski definition) is 0. The van der Waals surface area contributed by atoms with Crippen LogP contribution in [-0.4, -0.2) is 15.0 Å². The second kappa shape index (κ2) is 13.7. The molecule has 0 saturated heterocycles. The molecule has 0 radical (unpaired) electrons. The minimum atomic E-state index is 0.636. The molecule has 0 bridgehead atoms. The lowest BCUT2D eigenvalue weighted by molar-refractivity contribution is 0.670. The van der Waals surface area contributed by atoms with Crippen molar-refractivity contribution in [1.29, 1.82) is 0 Å². The number of rotatable bonds is 6. The molecule has 11 rings (SSSR count). The Kier molecular flexibility index (Phi) is 7.92. The Morgan fingerprint density at radius 2 is 0.965 bits per heavy atom. The molecule has 57 heavy (non-hydrogen) atoms. The molecular formula is C53H35N3O. The van der Waals surface area contributed by atoms with Crippen LogP contribution in [0.15, 0.2) is 192 Å². The summed E-state index contributed by atoms with van der Waals surface area (Å²) >= 11 is 0. The van der Waals surface area contributed by atoms with Gasteiger partial charge in [0, 0.05) is 27.5 Å². The fraction of sp³-hybridized carbons (Fsp3) is 0.0377. The number of aromatic nitrogens is 3. The summed E-state index contributed by atoms with van der Waals surface area (Å²) in [4.78, 5) is 15.8. The average molecular weight is 730 g/mol. The Morgan fingerprint density at radius 1 is 0.368 bits per heavy atom. The number of allylic oxidation sites excluding steroid dienone is 4. The van der Waals surface area contributed by atoms with Crippen molar-refractivity contribution in [2.24, 2.45) is 0 Å². The lowest BCUT2D eigenvalue weighted by Crippen LogP contribution is -2.05. The van der Waals surface area contributed by atoms with Crippen molar-refractivity contribution < 1.29 is 4.42 Å². The van der Waals surface area contributed by atoms with E-state index in [1.165, 1.54) is 32.7 Å². The van der Waals surface area contributed by atoms with Crippen molar-refractivity contribution in [2.45, 2.75) is 12.8 Å². The fourth-order valence-corrected chi connectivity index (χ4v) is 8.46. The van der Waals surface area contributed by atoms with E-state index < -0.39 is 0 Å². The van der Waals surface area contributed by atoms with Crippen LogP contribution in [0.3, 0.4) is 0 Å². The summed E-state index contributed by atoms with van der Waals surface area (Å²) in [5.74, 6) is 1.99. The Labute approximate surface area is 330 Å². The van der Waals surface area contributed by atoms with Gasteiger partial charge in [-0.25, -0.2) is 15.0 Å². The smallest absolute Gasteiger partial charge is 0.164 e. The van der Waals surface area contributed by atoms with E-state index in [1.54, 1.807) is 0 Å². The van der Waals surface area contributed by atoms with Gasteiger partial charge in [0.25, 0.3) is 0 Å². The highest BCUT2D eigenvalue weighted by atomic mass is 16.3. The molecule has 2 heterocycles. The lowest BCUT2D eigenvalue weighted by atomic mass is 9.92. The monoisotopic (exact) mass is 729 g/mol. The van der Waals surface area contributed by atoms with Gasteiger partial charge in [0.2, 0.25) is 0 Å². The maximum absolute atomic E-state index is 6.67. The van der Waals surface area contributed by atoms with Crippen molar-refractivity contribution in [3.8, 4) is 45.0 Å². The predicted molar refractivity (Wildman–Crippen MR) is 235 cm³/mol. The van der Waals surface area contributed by atoms with Crippen LogP contribution in [0.1, 0.15) is 24.2 Å². The molecular weight excluding hydrogens is 695 g/mol. The van der Waals surface area contributed by atoms with Crippen LogP contribution in [0.5, 0.6) is 0 Å². The standard InChI is InChI=1S/C53H35N3O/c1-3-13-34(14-4-1)35-25-30-39(31-26-35)51-54-52(40-32-29-38-28-27-37-17-7-8-18-41(37)47(38)33-40)56-53(55-51)45-20-10-9-19-43(45)44-22-12-24-48-49(44)46-23-11-21-42(50(46)57-48)36-15-5-2-6-16-36/h1-25,27-30,32-33H,26,31H2. The Bertz CT molecular complexity index is 3230. The van der Waals surface area contributed by atoms with E-state index in [-0.39, 0.29) is 0 Å². The van der Waals surface area contributed by atoms with Crippen molar-refractivity contribution in [3.63, 3.8) is 0 Å². The third kappa shape index (κ3) is 5.82. The topological polar surface area (TPSA) is 51.8 Å². The first kappa shape index (κ1) is 33.0. The Hall–Kier alpha value is -7.43. The maximum Gasteiger partial charge on any atom is 0.164 e. The molecule has 0 spiro atoms. The molecule has 4 heteroatoms. The van der Waals surface area contributed by atoms with Gasteiger partial charge in [-0.15, -0.1) is 0 Å². The zero-order valence-electron chi connectivity index (χ0n) is 31.1. The van der Waals surface area contributed by atoms with Crippen LogP contribution >= 0.6 is 0 Å². The molecule has 0 unspecified atom stereocenters. The SMILES string of the molecule is C1=C(c2ccccc2)CCC(c2nc(-c3ccc4ccc5ccccc5c4c3)nc(-c3ccccc3-c3cccc4oc5c(-c6ccccc6)cccc5c34)n2)=C1. The zero-order valence-corrected chi connectivity index (χ0v) is 31.1. The molecule has 1 aliphatic carbocycles. The van der Waals surface area contributed by atoms with Gasteiger partial charge >= 0.3 is 0 Å². The number of nitrogens with zero attached hydrogens (tertiary/aromatic N) is 3. The highest BCUT2D eigenvalue weighted by molar-refractivity contribution is 6.16. The highest BCUT2D eigenvalue weighted by Crippen LogP contribution is 2.43. The molecule has 268 valence electrons. The third-order valence-electron chi connectivity index (χ3n) is 11.3. The fourth-order valence-electron chi connectivity index (χ4n) is 8.46. The van der Waals surface area contributed by atoms with Crippen LogP contribution in [0.2, 0.25) is 0 Å². The molecule has 0 fully saturated rings. The second-order valence-corrected chi connectivity index (χ2v) is 14.7. The lowest BCUT2D eigenvalue weighted by Gasteiger charge is -2.17. The minimum absolute atomic E-state index is 0.636. The zero-order chi connectivity index (χ0) is 37.7. The van der Waals surface area contributed by atoms with Gasteiger partial charge in [0.15, 0.2) is 17.5 Å². The van der Waals surface area contributed by atoms with Crippen LogP contribution < -0.4 is 0 Å². The largest absolute Gasteiger partial charge is 0.455 e. The summed E-state index contributed by atoms with van der Waals surface area (Å²) in [5, 5.41) is 6.92. The molecule has 4 nitrogen and oxygen atoms in total. The normalized spacial score (nSPS) is 13.0. The molecule has 8 aromatic carbocycles. The number of furan rings is 1. The molecule has 0 amide bonds. The Balaban J connectivity index is 1.11. The van der Waals surface area contributed by atoms with Crippen LogP contribution in [0.25, 0.3) is 99.7 Å². The molecule has 1 aliphatic rings. The van der Waals surface area contributed by atoms with Crippen LogP contribution in [0, 0.1) is 0 Å². The quantitative estimate of drug-likeness (QED) is 0.160. The summed E-state index contributed by atoms with van der Waals surface area (Å²) in [6, 6.07) is 61.7. The second-order valence-electron chi connectivity index (χ2n) is 14.7.